The Morgan fingerprint density at radius 3 is 2.57 bits per heavy atom. The number of halogens is 2. The van der Waals surface area contributed by atoms with Gasteiger partial charge in [0.1, 0.15) is 0 Å². The van der Waals surface area contributed by atoms with Crippen molar-refractivity contribution in [2.75, 3.05) is 25.3 Å². The maximum atomic E-state index is 12.1. The highest BCUT2D eigenvalue weighted by Gasteiger charge is 2.14. The Hall–Kier alpha value is -2.04. The number of anilines is 1. The van der Waals surface area contributed by atoms with Gasteiger partial charge in [-0.1, -0.05) is 11.8 Å². The number of thioether (sulfide) groups is 1. The van der Waals surface area contributed by atoms with E-state index in [1.165, 1.54) is 0 Å². The zero-order valence-corrected chi connectivity index (χ0v) is 18.9. The molecule has 3 rings (SSSR count). The van der Waals surface area contributed by atoms with Crippen LogP contribution in [0.5, 0.6) is 11.5 Å². The van der Waals surface area contributed by atoms with Gasteiger partial charge in [-0.15, -0.1) is 10.2 Å². The average Bonchev–Trinajstić information content (AvgIpc) is 3.17. The first-order valence-electron chi connectivity index (χ1n) is 7.93. The van der Waals surface area contributed by atoms with Crippen LogP contribution in [0.25, 0.3) is 11.5 Å². The van der Waals surface area contributed by atoms with Gasteiger partial charge in [-0.3, -0.25) is 4.79 Å². The lowest BCUT2D eigenvalue weighted by molar-refractivity contribution is -0.113. The van der Waals surface area contributed by atoms with Gasteiger partial charge in [0.05, 0.1) is 20.0 Å². The van der Waals surface area contributed by atoms with Crippen molar-refractivity contribution in [1.29, 1.82) is 0 Å². The van der Waals surface area contributed by atoms with Crippen molar-refractivity contribution in [2.45, 2.75) is 5.22 Å². The quantitative estimate of drug-likeness (QED) is 0.431. The molecule has 3 aromatic rings. The van der Waals surface area contributed by atoms with Crippen molar-refractivity contribution in [3.8, 4) is 23.0 Å². The molecule has 0 aliphatic rings. The molecule has 0 saturated carbocycles. The number of methoxy groups -OCH3 is 2. The molecule has 1 amide bonds. The molecule has 0 aliphatic carbocycles. The largest absolute Gasteiger partial charge is 0.493 e. The highest BCUT2D eigenvalue weighted by molar-refractivity contribution is 9.13. The minimum atomic E-state index is -0.176. The molecule has 10 heteroatoms. The van der Waals surface area contributed by atoms with E-state index in [-0.39, 0.29) is 11.7 Å². The first kappa shape index (κ1) is 20.7. The molecule has 1 aromatic heterocycles. The van der Waals surface area contributed by atoms with Gasteiger partial charge < -0.3 is 19.2 Å². The lowest BCUT2D eigenvalue weighted by Gasteiger charge is -2.07. The van der Waals surface area contributed by atoms with E-state index in [2.05, 4.69) is 47.4 Å². The summed E-state index contributed by atoms with van der Waals surface area (Å²) in [5.41, 5.74) is 1.39. The molecule has 28 heavy (non-hydrogen) atoms. The van der Waals surface area contributed by atoms with Crippen LogP contribution in [-0.4, -0.2) is 36.1 Å². The summed E-state index contributed by atoms with van der Waals surface area (Å²) in [7, 11) is 3.12. The van der Waals surface area contributed by atoms with Gasteiger partial charge in [-0.25, -0.2) is 0 Å². The summed E-state index contributed by atoms with van der Waals surface area (Å²) in [6, 6.07) is 10.8. The average molecular weight is 529 g/mol. The van der Waals surface area contributed by atoms with Crippen LogP contribution in [0.4, 0.5) is 5.69 Å². The highest BCUT2D eigenvalue weighted by Crippen LogP contribution is 2.32. The first-order chi connectivity index (χ1) is 13.5. The van der Waals surface area contributed by atoms with Crippen molar-refractivity contribution in [3.05, 3.63) is 45.3 Å². The maximum absolute atomic E-state index is 12.1. The molecule has 1 heterocycles. The lowest BCUT2D eigenvalue weighted by atomic mass is 10.2. The molecule has 0 bridgehead atoms. The fourth-order valence-electron chi connectivity index (χ4n) is 2.25. The summed E-state index contributed by atoms with van der Waals surface area (Å²) in [5, 5.41) is 11.1. The predicted octanol–water partition coefficient (Wildman–Crippen LogP) is 5.01. The normalized spacial score (nSPS) is 10.6. The summed E-state index contributed by atoms with van der Waals surface area (Å²) in [6.07, 6.45) is 0. The summed E-state index contributed by atoms with van der Waals surface area (Å²) in [5.74, 6) is 1.47. The number of aromatic nitrogens is 2. The first-order valence-corrected chi connectivity index (χ1v) is 10.5. The number of nitrogens with one attached hydrogen (secondary N) is 1. The summed E-state index contributed by atoms with van der Waals surface area (Å²) < 4.78 is 17.9. The Balaban J connectivity index is 1.61. The molecule has 7 nitrogen and oxygen atoms in total. The Kier molecular flexibility index (Phi) is 6.97. The Morgan fingerprint density at radius 2 is 1.86 bits per heavy atom. The van der Waals surface area contributed by atoms with Crippen LogP contribution in [-0.2, 0) is 4.79 Å². The van der Waals surface area contributed by atoms with Gasteiger partial charge in [0, 0.05) is 20.2 Å². The van der Waals surface area contributed by atoms with E-state index in [0.717, 1.165) is 20.7 Å². The SMILES string of the molecule is COc1ccc(-c2nnc(SCC(=O)Nc3ccc(Br)c(Br)c3)o2)cc1OC. The minimum absolute atomic E-state index is 0.140. The van der Waals surface area contributed by atoms with Crippen molar-refractivity contribution in [3.63, 3.8) is 0 Å². The van der Waals surface area contributed by atoms with E-state index in [4.69, 9.17) is 13.9 Å². The van der Waals surface area contributed by atoms with Crippen LogP contribution in [0.3, 0.4) is 0 Å². The minimum Gasteiger partial charge on any atom is -0.493 e. The van der Waals surface area contributed by atoms with Crippen LogP contribution in [0, 0.1) is 0 Å². The topological polar surface area (TPSA) is 86.5 Å². The highest BCUT2D eigenvalue weighted by atomic mass is 79.9. The van der Waals surface area contributed by atoms with Crippen LogP contribution < -0.4 is 14.8 Å². The summed E-state index contributed by atoms with van der Waals surface area (Å²) >= 11 is 7.95. The molecule has 0 unspecified atom stereocenters. The van der Waals surface area contributed by atoms with E-state index >= 15 is 0 Å². The van der Waals surface area contributed by atoms with Gasteiger partial charge in [-0.2, -0.15) is 0 Å². The van der Waals surface area contributed by atoms with E-state index < -0.39 is 0 Å². The Labute approximate surface area is 182 Å². The van der Waals surface area contributed by atoms with Gasteiger partial charge in [0.25, 0.3) is 5.22 Å². The third-order valence-corrected chi connectivity index (χ3v) is 6.27. The monoisotopic (exact) mass is 527 g/mol. The zero-order chi connectivity index (χ0) is 20.1. The third kappa shape index (κ3) is 5.06. The molecular weight excluding hydrogens is 514 g/mol. The van der Waals surface area contributed by atoms with Gasteiger partial charge in [0.15, 0.2) is 11.5 Å². The molecule has 0 radical (unpaired) electrons. The predicted molar refractivity (Wildman–Crippen MR) is 114 cm³/mol. The number of nitrogens with zero attached hydrogens (tertiary/aromatic N) is 2. The molecular formula is C18H15Br2N3O4S. The number of carbonyl (C=O) groups excluding carboxylic acids is 1. The van der Waals surface area contributed by atoms with E-state index in [9.17, 15) is 4.79 Å². The molecule has 0 atom stereocenters. The maximum Gasteiger partial charge on any atom is 0.277 e. The van der Waals surface area contributed by atoms with E-state index in [1.54, 1.807) is 38.5 Å². The van der Waals surface area contributed by atoms with Crippen LogP contribution >= 0.6 is 43.6 Å². The van der Waals surface area contributed by atoms with E-state index in [1.807, 2.05) is 12.1 Å². The number of amides is 1. The molecule has 0 aliphatic heterocycles. The third-order valence-electron chi connectivity index (χ3n) is 3.57. The number of hydrogen-bond acceptors (Lipinski definition) is 7. The molecule has 0 fully saturated rings. The second kappa shape index (κ2) is 9.44. The number of ether oxygens (including phenoxy) is 2. The van der Waals surface area contributed by atoms with Gasteiger partial charge >= 0.3 is 0 Å². The van der Waals surface area contributed by atoms with Crippen molar-refractivity contribution in [2.24, 2.45) is 0 Å². The number of benzene rings is 2. The van der Waals surface area contributed by atoms with Crippen LogP contribution in [0.2, 0.25) is 0 Å². The summed E-state index contributed by atoms with van der Waals surface area (Å²) in [6.45, 7) is 0. The Bertz CT molecular complexity index is 997. The van der Waals surface area contributed by atoms with Gasteiger partial charge in [-0.05, 0) is 68.3 Å². The van der Waals surface area contributed by atoms with Crippen molar-refractivity contribution < 1.29 is 18.7 Å². The molecule has 2 aromatic carbocycles. The van der Waals surface area contributed by atoms with Gasteiger partial charge in [0.2, 0.25) is 11.8 Å². The van der Waals surface area contributed by atoms with Crippen molar-refractivity contribution in [1.82, 2.24) is 10.2 Å². The number of rotatable bonds is 7. The fraction of sp³-hybridized carbons (Fsp3) is 0.167. The van der Waals surface area contributed by atoms with Crippen molar-refractivity contribution >= 4 is 55.2 Å². The second-order valence-electron chi connectivity index (χ2n) is 5.41. The molecule has 0 saturated heterocycles. The standard InChI is InChI=1S/C18H15Br2N3O4S/c1-25-14-6-3-10(7-15(14)26-2)17-22-23-18(27-17)28-9-16(24)21-11-4-5-12(19)13(20)8-11/h3-8H,9H2,1-2H3,(H,21,24). The molecule has 0 spiro atoms. The number of hydrogen-bond donors (Lipinski definition) is 1. The fourth-order valence-corrected chi connectivity index (χ4v) is 3.44. The molecule has 146 valence electrons. The smallest absolute Gasteiger partial charge is 0.277 e. The lowest BCUT2D eigenvalue weighted by Crippen LogP contribution is -2.13. The zero-order valence-electron chi connectivity index (χ0n) is 14.9. The van der Waals surface area contributed by atoms with Crippen LogP contribution in [0.1, 0.15) is 0 Å². The summed E-state index contributed by atoms with van der Waals surface area (Å²) in [4.78, 5) is 12.1. The Morgan fingerprint density at radius 1 is 1.07 bits per heavy atom. The molecule has 1 N–H and O–H groups in total. The number of carbonyl (C=O) groups is 1. The van der Waals surface area contributed by atoms with E-state index in [0.29, 0.717) is 33.9 Å². The van der Waals surface area contributed by atoms with Crippen LogP contribution in [0.15, 0.2) is 55.0 Å². The second-order valence-corrected chi connectivity index (χ2v) is 8.04.